The molecule has 8 heteroatoms. The summed E-state index contributed by atoms with van der Waals surface area (Å²) in [5.41, 5.74) is 4.07. The van der Waals surface area contributed by atoms with E-state index in [0.29, 0.717) is 12.3 Å². The summed E-state index contributed by atoms with van der Waals surface area (Å²) in [4.78, 5) is 15.2. The van der Waals surface area contributed by atoms with Crippen molar-refractivity contribution in [2.75, 3.05) is 20.2 Å². The van der Waals surface area contributed by atoms with E-state index in [1.165, 1.54) is 18.7 Å². The Morgan fingerprint density at radius 3 is 2.50 bits per heavy atom. The summed E-state index contributed by atoms with van der Waals surface area (Å²) < 4.78 is 5.37. The Hall–Kier alpha value is -2.64. The fourth-order valence-corrected chi connectivity index (χ4v) is 3.26. The standard InChI is InChI=1S/C24H26N2O4.2ClH/c1-30-23-14-19(24(28)29)10-11-21(23)18-8-6-17(7-9-18)4-2-12-26-16-22(27)20-5-3-13-25-15-20;;/h3,5-11,13-15,22,26-27H,2,4,12,16H2,1H3,(H,28,29);2*1H/t22-;;/m0../s1. The van der Waals surface area contributed by atoms with E-state index in [4.69, 9.17) is 9.84 Å². The van der Waals surface area contributed by atoms with Crippen LogP contribution in [0.4, 0.5) is 0 Å². The molecule has 3 N–H and O–H groups in total. The average Bonchev–Trinajstić information content (AvgIpc) is 2.79. The van der Waals surface area contributed by atoms with Crippen molar-refractivity contribution in [2.45, 2.75) is 18.9 Å². The number of pyridine rings is 1. The number of aromatic nitrogens is 1. The number of methoxy groups -OCH3 is 1. The molecule has 0 aliphatic carbocycles. The van der Waals surface area contributed by atoms with Gasteiger partial charge in [0.25, 0.3) is 0 Å². The van der Waals surface area contributed by atoms with Crippen LogP contribution in [0.3, 0.4) is 0 Å². The predicted molar refractivity (Wildman–Crippen MR) is 130 cm³/mol. The quantitative estimate of drug-likeness (QED) is 0.370. The molecule has 0 saturated heterocycles. The highest BCUT2D eigenvalue weighted by molar-refractivity contribution is 5.89. The molecule has 1 atom stereocenters. The van der Waals surface area contributed by atoms with Gasteiger partial charge in [-0.2, -0.15) is 0 Å². The molecule has 1 aromatic heterocycles. The van der Waals surface area contributed by atoms with Gasteiger partial charge in [0.2, 0.25) is 0 Å². The Kier molecular flexibility index (Phi) is 11.7. The Balaban J connectivity index is 0.00000256. The molecule has 0 aliphatic rings. The van der Waals surface area contributed by atoms with Crippen molar-refractivity contribution >= 4 is 30.8 Å². The van der Waals surface area contributed by atoms with E-state index in [0.717, 1.165) is 36.1 Å². The molecule has 0 radical (unpaired) electrons. The predicted octanol–water partition coefficient (Wildman–Crippen LogP) is 4.55. The lowest BCUT2D eigenvalue weighted by molar-refractivity contribution is 0.0696. The molecule has 32 heavy (non-hydrogen) atoms. The topological polar surface area (TPSA) is 91.7 Å². The number of aromatic carboxylic acids is 1. The monoisotopic (exact) mass is 478 g/mol. The lowest BCUT2D eigenvalue weighted by atomic mass is 10.00. The van der Waals surface area contributed by atoms with E-state index in [-0.39, 0.29) is 30.4 Å². The van der Waals surface area contributed by atoms with Crippen LogP contribution in [0.25, 0.3) is 11.1 Å². The third kappa shape index (κ3) is 7.50. The second-order valence-electron chi connectivity index (χ2n) is 7.03. The van der Waals surface area contributed by atoms with Gasteiger partial charge in [-0.25, -0.2) is 4.79 Å². The summed E-state index contributed by atoms with van der Waals surface area (Å²) in [5, 5.41) is 22.5. The number of carbonyl (C=O) groups is 1. The van der Waals surface area contributed by atoms with Gasteiger partial charge in [0.05, 0.1) is 18.8 Å². The first kappa shape index (κ1) is 27.4. The number of ether oxygens (including phenoxy) is 1. The summed E-state index contributed by atoms with van der Waals surface area (Å²) >= 11 is 0. The molecule has 0 amide bonds. The molecule has 172 valence electrons. The van der Waals surface area contributed by atoms with Crippen LogP contribution in [-0.2, 0) is 6.42 Å². The summed E-state index contributed by atoms with van der Waals surface area (Å²) in [6.45, 7) is 1.31. The maximum Gasteiger partial charge on any atom is 0.335 e. The van der Waals surface area contributed by atoms with Crippen molar-refractivity contribution in [1.29, 1.82) is 0 Å². The van der Waals surface area contributed by atoms with Crippen molar-refractivity contribution < 1.29 is 19.7 Å². The Bertz CT molecular complexity index is 969. The number of carboxylic acid groups (broad SMARTS) is 1. The molecule has 2 aromatic carbocycles. The van der Waals surface area contributed by atoms with Gasteiger partial charge in [0.1, 0.15) is 5.75 Å². The number of carboxylic acids is 1. The molecule has 0 spiro atoms. The minimum atomic E-state index is -0.975. The summed E-state index contributed by atoms with van der Waals surface area (Å²) in [7, 11) is 1.54. The third-order valence-electron chi connectivity index (χ3n) is 4.94. The minimum Gasteiger partial charge on any atom is -0.496 e. The number of aryl methyl sites for hydroxylation is 1. The van der Waals surface area contributed by atoms with Crippen molar-refractivity contribution in [1.82, 2.24) is 10.3 Å². The molecular weight excluding hydrogens is 451 g/mol. The molecule has 0 fully saturated rings. The number of benzene rings is 2. The molecule has 0 saturated carbocycles. The van der Waals surface area contributed by atoms with Crippen LogP contribution in [0.1, 0.15) is 34.0 Å². The lowest BCUT2D eigenvalue weighted by Crippen LogP contribution is -2.22. The van der Waals surface area contributed by atoms with Crippen molar-refractivity contribution in [3.8, 4) is 16.9 Å². The zero-order valence-electron chi connectivity index (χ0n) is 17.7. The maximum absolute atomic E-state index is 11.1. The Morgan fingerprint density at radius 2 is 1.88 bits per heavy atom. The second kappa shape index (κ2) is 13.7. The molecule has 0 unspecified atom stereocenters. The largest absolute Gasteiger partial charge is 0.496 e. The highest BCUT2D eigenvalue weighted by Crippen LogP contribution is 2.31. The van der Waals surface area contributed by atoms with Crippen molar-refractivity contribution in [2.24, 2.45) is 0 Å². The number of nitrogens with one attached hydrogen (secondary N) is 1. The van der Waals surface area contributed by atoms with Gasteiger partial charge < -0.3 is 20.3 Å². The molecule has 3 aromatic rings. The van der Waals surface area contributed by atoms with Crippen LogP contribution in [0.5, 0.6) is 5.75 Å². The fraction of sp³-hybridized carbons (Fsp3) is 0.250. The van der Waals surface area contributed by atoms with E-state index in [1.54, 1.807) is 24.5 Å². The average molecular weight is 479 g/mol. The molecule has 0 aliphatic heterocycles. The van der Waals surface area contributed by atoms with E-state index in [1.807, 2.05) is 24.3 Å². The summed E-state index contributed by atoms with van der Waals surface area (Å²) in [6.07, 6.45) is 4.69. The zero-order chi connectivity index (χ0) is 21.3. The van der Waals surface area contributed by atoms with Crippen LogP contribution in [0, 0.1) is 0 Å². The smallest absolute Gasteiger partial charge is 0.335 e. The molecular formula is C24H28Cl2N2O4. The number of hydrogen-bond acceptors (Lipinski definition) is 5. The number of halogens is 2. The number of rotatable bonds is 10. The normalized spacial score (nSPS) is 11.1. The first-order chi connectivity index (χ1) is 14.6. The van der Waals surface area contributed by atoms with Gasteiger partial charge >= 0.3 is 5.97 Å². The number of nitrogens with zero attached hydrogens (tertiary/aromatic N) is 1. The van der Waals surface area contributed by atoms with Crippen LogP contribution < -0.4 is 10.1 Å². The first-order valence-corrected chi connectivity index (χ1v) is 9.88. The van der Waals surface area contributed by atoms with Gasteiger partial charge in [0.15, 0.2) is 0 Å². The SMILES string of the molecule is COc1cc(C(=O)O)ccc1-c1ccc(CCCNC[C@H](O)c2cccnc2)cc1.Cl.Cl. The van der Waals surface area contributed by atoms with E-state index < -0.39 is 12.1 Å². The second-order valence-corrected chi connectivity index (χ2v) is 7.03. The summed E-state index contributed by atoms with van der Waals surface area (Å²) in [6, 6.07) is 16.8. The molecule has 6 nitrogen and oxygen atoms in total. The van der Waals surface area contributed by atoms with Crippen LogP contribution in [-0.4, -0.2) is 41.4 Å². The first-order valence-electron chi connectivity index (χ1n) is 9.88. The van der Waals surface area contributed by atoms with E-state index >= 15 is 0 Å². The zero-order valence-corrected chi connectivity index (χ0v) is 19.4. The van der Waals surface area contributed by atoms with Gasteiger partial charge in [0, 0.05) is 30.1 Å². The van der Waals surface area contributed by atoms with Gasteiger partial charge in [-0.3, -0.25) is 4.98 Å². The highest BCUT2D eigenvalue weighted by atomic mass is 35.5. The fourth-order valence-electron chi connectivity index (χ4n) is 3.26. The van der Waals surface area contributed by atoms with Gasteiger partial charge in [-0.1, -0.05) is 30.3 Å². The maximum atomic E-state index is 11.1. The Morgan fingerprint density at radius 1 is 1.12 bits per heavy atom. The van der Waals surface area contributed by atoms with Crippen LogP contribution in [0.2, 0.25) is 0 Å². The highest BCUT2D eigenvalue weighted by Gasteiger charge is 2.11. The lowest BCUT2D eigenvalue weighted by Gasteiger charge is -2.12. The van der Waals surface area contributed by atoms with Crippen LogP contribution in [0.15, 0.2) is 67.0 Å². The van der Waals surface area contributed by atoms with Gasteiger partial charge in [-0.15, -0.1) is 24.8 Å². The minimum absolute atomic E-state index is 0. The number of aliphatic hydroxyl groups is 1. The van der Waals surface area contributed by atoms with Crippen LogP contribution >= 0.6 is 24.8 Å². The third-order valence-corrected chi connectivity index (χ3v) is 4.94. The number of aliphatic hydroxyl groups excluding tert-OH is 1. The van der Waals surface area contributed by atoms with Gasteiger partial charge in [-0.05, 0) is 54.8 Å². The van der Waals surface area contributed by atoms with E-state index in [9.17, 15) is 9.90 Å². The van der Waals surface area contributed by atoms with E-state index in [2.05, 4.69) is 22.4 Å². The molecule has 1 heterocycles. The molecule has 3 rings (SSSR count). The Labute approximate surface area is 200 Å². The van der Waals surface area contributed by atoms with Crippen molar-refractivity contribution in [3.63, 3.8) is 0 Å². The molecule has 0 bridgehead atoms. The summed E-state index contributed by atoms with van der Waals surface area (Å²) in [5.74, 6) is -0.434. The van der Waals surface area contributed by atoms with Crippen molar-refractivity contribution in [3.05, 3.63) is 83.7 Å². The number of hydrogen-bond donors (Lipinski definition) is 3.